The molecule has 1 aliphatic heterocycles. The first-order chi connectivity index (χ1) is 11.6. The van der Waals surface area contributed by atoms with E-state index >= 15 is 0 Å². The molecule has 0 bridgehead atoms. The molecule has 0 radical (unpaired) electrons. The van der Waals surface area contributed by atoms with Gasteiger partial charge in [0.05, 0.1) is 19.3 Å². The van der Waals surface area contributed by atoms with Crippen LogP contribution in [-0.4, -0.2) is 63.5 Å². The fraction of sp³-hybridized carbons (Fsp3) is 0.588. The summed E-state index contributed by atoms with van der Waals surface area (Å²) in [5.41, 5.74) is 0.171. The number of ether oxygens (including phenoxy) is 2. The minimum atomic E-state index is -0.481. The zero-order chi connectivity index (χ0) is 17.1. The number of halogens is 3. The van der Waals surface area contributed by atoms with Crippen LogP contribution >= 0.6 is 24.0 Å². The average Bonchev–Trinajstić information content (AvgIpc) is 3.32. The normalized spacial score (nSPS) is 26.2. The summed E-state index contributed by atoms with van der Waals surface area (Å²) in [5, 5.41) is 3.32. The van der Waals surface area contributed by atoms with Crippen molar-refractivity contribution in [1.82, 2.24) is 10.2 Å². The highest BCUT2D eigenvalue weighted by atomic mass is 127. The molecule has 1 saturated heterocycles. The molecule has 0 aromatic heterocycles. The number of nitrogens with one attached hydrogen (secondary N) is 1. The van der Waals surface area contributed by atoms with Crippen molar-refractivity contribution in [2.24, 2.45) is 4.99 Å². The van der Waals surface area contributed by atoms with Gasteiger partial charge in [-0.05, 0) is 18.6 Å². The molecule has 5 nitrogen and oxygen atoms in total. The molecule has 2 aliphatic rings. The minimum absolute atomic E-state index is 0. The summed E-state index contributed by atoms with van der Waals surface area (Å²) in [6, 6.07) is 4.00. The Bertz CT molecular complexity index is 595. The fourth-order valence-corrected chi connectivity index (χ4v) is 3.20. The molecule has 1 saturated carbocycles. The lowest BCUT2D eigenvalue weighted by Crippen LogP contribution is -2.52. The lowest BCUT2D eigenvalue weighted by Gasteiger charge is -2.34. The van der Waals surface area contributed by atoms with Crippen molar-refractivity contribution in [2.75, 3.05) is 40.5 Å². The molecule has 1 aromatic rings. The van der Waals surface area contributed by atoms with Crippen molar-refractivity contribution in [3.05, 3.63) is 35.4 Å². The Morgan fingerprint density at radius 1 is 1.40 bits per heavy atom. The maximum atomic E-state index is 13.9. The van der Waals surface area contributed by atoms with Gasteiger partial charge in [-0.25, -0.2) is 8.78 Å². The van der Waals surface area contributed by atoms with Gasteiger partial charge in [-0.1, -0.05) is 6.07 Å². The highest BCUT2D eigenvalue weighted by Gasteiger charge is 2.43. The second kappa shape index (κ2) is 9.09. The summed E-state index contributed by atoms with van der Waals surface area (Å²) in [6.45, 7) is 2.54. The summed E-state index contributed by atoms with van der Waals surface area (Å²) in [6.07, 6.45) is 0.698. The average molecular weight is 467 g/mol. The molecule has 3 rings (SSSR count). The van der Waals surface area contributed by atoms with E-state index in [-0.39, 0.29) is 47.6 Å². The van der Waals surface area contributed by atoms with Crippen LogP contribution in [0.25, 0.3) is 0 Å². The standard InChI is InChI=1S/C17H23F2N3O2.HI/c1-20-17(22-6-7-24-11(9-22)10-23-2)21-15-8-12(15)16-13(18)4-3-5-14(16)19;/h3-5,11-12,15H,6-10H2,1-2H3,(H,20,21);1H. The van der Waals surface area contributed by atoms with Gasteiger partial charge in [-0.2, -0.15) is 0 Å². The third kappa shape index (κ3) is 4.79. The van der Waals surface area contributed by atoms with E-state index in [0.29, 0.717) is 26.2 Å². The smallest absolute Gasteiger partial charge is 0.194 e. The number of hydrogen-bond acceptors (Lipinski definition) is 3. The van der Waals surface area contributed by atoms with Crippen LogP contribution in [0.3, 0.4) is 0 Å². The molecule has 1 heterocycles. The van der Waals surface area contributed by atoms with Gasteiger partial charge >= 0.3 is 0 Å². The zero-order valence-electron chi connectivity index (χ0n) is 14.4. The van der Waals surface area contributed by atoms with E-state index < -0.39 is 11.6 Å². The highest BCUT2D eigenvalue weighted by molar-refractivity contribution is 14.0. The number of hydrogen-bond donors (Lipinski definition) is 1. The first-order valence-electron chi connectivity index (χ1n) is 8.16. The third-order valence-corrected chi connectivity index (χ3v) is 4.48. The maximum absolute atomic E-state index is 13.9. The number of guanidine groups is 1. The first-order valence-corrected chi connectivity index (χ1v) is 8.16. The Morgan fingerprint density at radius 3 is 2.76 bits per heavy atom. The second-order valence-corrected chi connectivity index (χ2v) is 6.17. The minimum Gasteiger partial charge on any atom is -0.382 e. The third-order valence-electron chi connectivity index (χ3n) is 4.48. The summed E-state index contributed by atoms with van der Waals surface area (Å²) < 4.78 is 38.6. The molecule has 3 atom stereocenters. The Labute approximate surface area is 163 Å². The zero-order valence-corrected chi connectivity index (χ0v) is 16.7. The van der Waals surface area contributed by atoms with Crippen molar-refractivity contribution in [3.8, 4) is 0 Å². The second-order valence-electron chi connectivity index (χ2n) is 6.17. The Hall–Kier alpha value is -1.00. The largest absolute Gasteiger partial charge is 0.382 e. The molecule has 3 unspecified atom stereocenters. The molecule has 1 aromatic carbocycles. The van der Waals surface area contributed by atoms with E-state index in [1.165, 1.54) is 18.2 Å². The number of methoxy groups -OCH3 is 1. The van der Waals surface area contributed by atoms with Gasteiger partial charge in [0.25, 0.3) is 0 Å². The van der Waals surface area contributed by atoms with Crippen molar-refractivity contribution in [2.45, 2.75) is 24.5 Å². The van der Waals surface area contributed by atoms with E-state index in [2.05, 4.69) is 15.2 Å². The Kier molecular flexibility index (Phi) is 7.38. The highest BCUT2D eigenvalue weighted by Crippen LogP contribution is 2.43. The predicted molar refractivity (Wildman–Crippen MR) is 103 cm³/mol. The van der Waals surface area contributed by atoms with Gasteiger partial charge in [0.1, 0.15) is 11.6 Å². The van der Waals surface area contributed by atoms with Crippen molar-refractivity contribution in [3.63, 3.8) is 0 Å². The van der Waals surface area contributed by atoms with Crippen LogP contribution in [-0.2, 0) is 9.47 Å². The van der Waals surface area contributed by atoms with E-state index in [1.807, 2.05) is 0 Å². The van der Waals surface area contributed by atoms with Crippen LogP contribution in [0.4, 0.5) is 8.78 Å². The fourth-order valence-electron chi connectivity index (χ4n) is 3.20. The molecule has 25 heavy (non-hydrogen) atoms. The lowest BCUT2D eigenvalue weighted by molar-refractivity contribution is -0.0447. The van der Waals surface area contributed by atoms with Gasteiger partial charge < -0.3 is 19.7 Å². The number of benzene rings is 1. The van der Waals surface area contributed by atoms with Gasteiger partial charge in [0.15, 0.2) is 5.96 Å². The Balaban J connectivity index is 0.00000225. The summed E-state index contributed by atoms with van der Waals surface area (Å²) >= 11 is 0. The monoisotopic (exact) mass is 467 g/mol. The summed E-state index contributed by atoms with van der Waals surface area (Å²) in [4.78, 5) is 6.40. The van der Waals surface area contributed by atoms with Crippen LogP contribution in [0.15, 0.2) is 23.2 Å². The van der Waals surface area contributed by atoms with E-state index in [0.717, 1.165) is 12.5 Å². The van der Waals surface area contributed by atoms with Crippen LogP contribution in [0.5, 0.6) is 0 Å². The van der Waals surface area contributed by atoms with Gasteiger partial charge in [0.2, 0.25) is 0 Å². The van der Waals surface area contributed by atoms with Crippen molar-refractivity contribution >= 4 is 29.9 Å². The number of nitrogens with zero attached hydrogens (tertiary/aromatic N) is 2. The van der Waals surface area contributed by atoms with Crippen molar-refractivity contribution in [1.29, 1.82) is 0 Å². The van der Waals surface area contributed by atoms with E-state index in [1.54, 1.807) is 14.2 Å². The molecule has 0 spiro atoms. The topological polar surface area (TPSA) is 46.1 Å². The number of morpholine rings is 1. The number of rotatable bonds is 4. The van der Waals surface area contributed by atoms with Crippen molar-refractivity contribution < 1.29 is 18.3 Å². The quantitative estimate of drug-likeness (QED) is 0.420. The van der Waals surface area contributed by atoms with Gasteiger partial charge in [-0.15, -0.1) is 24.0 Å². The van der Waals surface area contributed by atoms with Crippen LogP contribution < -0.4 is 5.32 Å². The molecule has 140 valence electrons. The Morgan fingerprint density at radius 2 is 2.12 bits per heavy atom. The summed E-state index contributed by atoms with van der Waals surface area (Å²) in [7, 11) is 3.36. The van der Waals surface area contributed by atoms with E-state index in [4.69, 9.17) is 9.47 Å². The molecule has 8 heteroatoms. The predicted octanol–water partition coefficient (Wildman–Crippen LogP) is 2.36. The van der Waals surface area contributed by atoms with E-state index in [9.17, 15) is 8.78 Å². The molecule has 1 N–H and O–H groups in total. The molecule has 0 amide bonds. The van der Waals surface area contributed by atoms with Crippen LogP contribution in [0, 0.1) is 11.6 Å². The first kappa shape index (κ1) is 20.3. The van der Waals surface area contributed by atoms with Crippen LogP contribution in [0.1, 0.15) is 17.9 Å². The van der Waals surface area contributed by atoms with Gasteiger partial charge in [0, 0.05) is 44.8 Å². The number of aliphatic imine (C=N–C) groups is 1. The lowest BCUT2D eigenvalue weighted by atomic mass is 10.1. The molecular formula is C17H24F2IN3O2. The molecule has 1 aliphatic carbocycles. The molecular weight excluding hydrogens is 443 g/mol. The van der Waals surface area contributed by atoms with Crippen LogP contribution in [0.2, 0.25) is 0 Å². The SMILES string of the molecule is CN=C(NC1CC1c1c(F)cccc1F)N1CCOC(COC)C1.I. The molecule has 2 fully saturated rings. The summed E-state index contributed by atoms with van der Waals surface area (Å²) in [5.74, 6) is -0.376. The van der Waals surface area contributed by atoms with Gasteiger partial charge in [-0.3, -0.25) is 4.99 Å². The maximum Gasteiger partial charge on any atom is 0.194 e.